The molecule has 1 aliphatic rings. The summed E-state index contributed by atoms with van der Waals surface area (Å²) in [5.74, 6) is -1.69. The maximum Gasteiger partial charge on any atom is 0.410 e. The summed E-state index contributed by atoms with van der Waals surface area (Å²) in [7, 11) is 0. The number of carbonyl (C=O) groups excluding carboxylic acids is 1. The standard InChI is InChI=1S/C18H25NO4/c1-11-6-12(2)8-13(7-11)14-9-19(10-15(14)16(20)21)17(22)23-18(3,4)5/h6-8,14-15H,9-10H2,1-5H3,(H,20,21)/t14-,15+/m0/s1. The fourth-order valence-corrected chi connectivity index (χ4v) is 3.09. The molecule has 0 radical (unpaired) electrons. The van der Waals surface area contributed by atoms with Crippen molar-refractivity contribution in [2.45, 2.75) is 46.1 Å². The molecule has 5 nitrogen and oxygen atoms in total. The van der Waals surface area contributed by atoms with E-state index in [1.54, 1.807) is 20.8 Å². The van der Waals surface area contributed by atoms with Crippen LogP contribution in [-0.2, 0) is 9.53 Å². The van der Waals surface area contributed by atoms with E-state index in [0.717, 1.165) is 16.7 Å². The van der Waals surface area contributed by atoms with Crippen LogP contribution in [0.2, 0.25) is 0 Å². The van der Waals surface area contributed by atoms with Gasteiger partial charge in [-0.1, -0.05) is 29.3 Å². The second-order valence-corrected chi connectivity index (χ2v) is 7.36. The topological polar surface area (TPSA) is 66.8 Å². The van der Waals surface area contributed by atoms with Crippen LogP contribution in [0.15, 0.2) is 18.2 Å². The third-order valence-electron chi connectivity index (χ3n) is 3.96. The number of carboxylic acids is 1. The lowest BCUT2D eigenvalue weighted by Gasteiger charge is -2.24. The number of aryl methyl sites for hydroxylation is 2. The molecule has 1 fully saturated rings. The smallest absolute Gasteiger partial charge is 0.410 e. The van der Waals surface area contributed by atoms with Gasteiger partial charge in [-0.15, -0.1) is 0 Å². The zero-order valence-electron chi connectivity index (χ0n) is 14.4. The van der Waals surface area contributed by atoms with E-state index in [1.165, 1.54) is 4.90 Å². The van der Waals surface area contributed by atoms with Crippen molar-refractivity contribution >= 4 is 12.1 Å². The molecule has 1 aromatic carbocycles. The number of hydrogen-bond donors (Lipinski definition) is 1. The van der Waals surface area contributed by atoms with Crippen LogP contribution in [0.1, 0.15) is 43.4 Å². The summed E-state index contributed by atoms with van der Waals surface area (Å²) in [4.78, 5) is 25.4. The molecule has 1 N–H and O–H groups in total. The predicted octanol–water partition coefficient (Wildman–Crippen LogP) is 3.34. The van der Waals surface area contributed by atoms with E-state index in [2.05, 4.69) is 6.07 Å². The summed E-state index contributed by atoms with van der Waals surface area (Å²) in [6.45, 7) is 9.95. The van der Waals surface area contributed by atoms with Gasteiger partial charge in [0.25, 0.3) is 0 Å². The highest BCUT2D eigenvalue weighted by molar-refractivity contribution is 5.76. The molecule has 23 heavy (non-hydrogen) atoms. The van der Waals surface area contributed by atoms with Crippen molar-refractivity contribution in [1.82, 2.24) is 4.90 Å². The Morgan fingerprint density at radius 3 is 2.17 bits per heavy atom. The number of benzene rings is 1. The Kier molecular flexibility index (Phi) is 4.68. The summed E-state index contributed by atoms with van der Waals surface area (Å²) < 4.78 is 5.38. The summed E-state index contributed by atoms with van der Waals surface area (Å²) >= 11 is 0. The van der Waals surface area contributed by atoms with Crippen molar-refractivity contribution < 1.29 is 19.4 Å². The number of carbonyl (C=O) groups is 2. The molecule has 2 rings (SSSR count). The highest BCUT2D eigenvalue weighted by atomic mass is 16.6. The molecule has 0 aromatic heterocycles. The van der Waals surface area contributed by atoms with Crippen LogP contribution < -0.4 is 0 Å². The molecule has 0 bridgehead atoms. The summed E-state index contributed by atoms with van der Waals surface area (Å²) in [6, 6.07) is 6.07. The Morgan fingerprint density at radius 2 is 1.70 bits per heavy atom. The van der Waals surface area contributed by atoms with Crippen molar-refractivity contribution in [3.05, 3.63) is 34.9 Å². The molecule has 1 aliphatic heterocycles. The van der Waals surface area contributed by atoms with Gasteiger partial charge < -0.3 is 14.7 Å². The molecule has 1 amide bonds. The first-order valence-electron chi connectivity index (χ1n) is 7.86. The monoisotopic (exact) mass is 319 g/mol. The van der Waals surface area contributed by atoms with E-state index in [4.69, 9.17) is 4.74 Å². The second kappa shape index (κ2) is 6.22. The van der Waals surface area contributed by atoms with Crippen LogP contribution in [-0.4, -0.2) is 40.8 Å². The zero-order valence-corrected chi connectivity index (χ0v) is 14.4. The summed E-state index contributed by atoms with van der Waals surface area (Å²) in [6.07, 6.45) is -0.448. The first kappa shape index (κ1) is 17.3. The lowest BCUT2D eigenvalue weighted by molar-refractivity contribution is -0.141. The molecule has 0 unspecified atom stereocenters. The van der Waals surface area contributed by atoms with E-state index in [1.807, 2.05) is 26.0 Å². The molecular formula is C18H25NO4. The van der Waals surface area contributed by atoms with Gasteiger partial charge in [0.05, 0.1) is 5.92 Å². The van der Waals surface area contributed by atoms with E-state index in [9.17, 15) is 14.7 Å². The second-order valence-electron chi connectivity index (χ2n) is 7.36. The van der Waals surface area contributed by atoms with Crippen LogP contribution in [0.4, 0.5) is 4.79 Å². The number of aliphatic carboxylic acids is 1. The van der Waals surface area contributed by atoms with Gasteiger partial charge in [-0.05, 0) is 40.2 Å². The van der Waals surface area contributed by atoms with Gasteiger partial charge in [-0.25, -0.2) is 4.79 Å². The number of nitrogens with zero attached hydrogens (tertiary/aromatic N) is 1. The quantitative estimate of drug-likeness (QED) is 0.908. The minimum absolute atomic E-state index is 0.182. The maximum atomic E-state index is 12.3. The van der Waals surface area contributed by atoms with Crippen molar-refractivity contribution in [2.24, 2.45) is 5.92 Å². The van der Waals surface area contributed by atoms with Crippen molar-refractivity contribution in [1.29, 1.82) is 0 Å². The first-order valence-corrected chi connectivity index (χ1v) is 7.86. The van der Waals surface area contributed by atoms with Crippen LogP contribution >= 0.6 is 0 Å². The third kappa shape index (κ3) is 4.24. The molecule has 0 aliphatic carbocycles. The molecule has 2 atom stereocenters. The van der Waals surface area contributed by atoms with Crippen molar-refractivity contribution in [3.63, 3.8) is 0 Å². The number of ether oxygens (including phenoxy) is 1. The fraction of sp³-hybridized carbons (Fsp3) is 0.556. The Hall–Kier alpha value is -2.04. The van der Waals surface area contributed by atoms with E-state index in [-0.39, 0.29) is 12.5 Å². The Balaban J connectivity index is 2.25. The maximum absolute atomic E-state index is 12.3. The van der Waals surface area contributed by atoms with Gasteiger partial charge >= 0.3 is 12.1 Å². The number of rotatable bonds is 2. The minimum atomic E-state index is -0.875. The van der Waals surface area contributed by atoms with Gasteiger partial charge in [0.15, 0.2) is 0 Å². The molecule has 1 heterocycles. The normalized spacial score (nSPS) is 21.3. The van der Waals surface area contributed by atoms with Crippen LogP contribution in [0.3, 0.4) is 0 Å². The molecule has 5 heteroatoms. The van der Waals surface area contributed by atoms with E-state index < -0.39 is 23.6 Å². The van der Waals surface area contributed by atoms with Crippen molar-refractivity contribution in [2.75, 3.05) is 13.1 Å². The zero-order chi connectivity index (χ0) is 17.4. The number of carboxylic acid groups (broad SMARTS) is 1. The Bertz CT molecular complexity index is 598. The minimum Gasteiger partial charge on any atom is -0.481 e. The van der Waals surface area contributed by atoms with E-state index in [0.29, 0.717) is 6.54 Å². The third-order valence-corrected chi connectivity index (χ3v) is 3.96. The van der Waals surface area contributed by atoms with Gasteiger partial charge in [0.2, 0.25) is 0 Å². The van der Waals surface area contributed by atoms with Gasteiger partial charge in [0, 0.05) is 19.0 Å². The molecule has 126 valence electrons. The predicted molar refractivity (Wildman–Crippen MR) is 87.6 cm³/mol. The molecule has 1 aromatic rings. The SMILES string of the molecule is Cc1cc(C)cc([C@@H]2CN(C(=O)OC(C)(C)C)C[C@H]2C(=O)O)c1. The van der Waals surface area contributed by atoms with Crippen LogP contribution in [0.5, 0.6) is 0 Å². The number of amides is 1. The molecule has 0 saturated carbocycles. The van der Waals surface area contributed by atoms with Crippen molar-refractivity contribution in [3.8, 4) is 0 Å². The van der Waals surface area contributed by atoms with E-state index >= 15 is 0 Å². The first-order chi connectivity index (χ1) is 10.6. The molecule has 1 saturated heterocycles. The Morgan fingerprint density at radius 1 is 1.13 bits per heavy atom. The number of hydrogen-bond acceptors (Lipinski definition) is 3. The van der Waals surface area contributed by atoms with Crippen LogP contribution in [0, 0.1) is 19.8 Å². The largest absolute Gasteiger partial charge is 0.481 e. The lowest BCUT2D eigenvalue weighted by Crippen LogP contribution is -2.35. The lowest BCUT2D eigenvalue weighted by atomic mass is 9.87. The summed E-state index contributed by atoms with van der Waals surface area (Å²) in [5, 5.41) is 9.54. The average molecular weight is 319 g/mol. The fourth-order valence-electron chi connectivity index (χ4n) is 3.09. The molecular weight excluding hydrogens is 294 g/mol. The highest BCUT2D eigenvalue weighted by Crippen LogP contribution is 2.34. The average Bonchev–Trinajstić information content (AvgIpc) is 2.80. The van der Waals surface area contributed by atoms with Gasteiger partial charge in [-0.2, -0.15) is 0 Å². The van der Waals surface area contributed by atoms with Gasteiger partial charge in [-0.3, -0.25) is 4.79 Å². The van der Waals surface area contributed by atoms with Gasteiger partial charge in [0.1, 0.15) is 5.60 Å². The summed E-state index contributed by atoms with van der Waals surface area (Å²) in [5.41, 5.74) is 2.58. The number of likely N-dealkylation sites (tertiary alicyclic amines) is 1. The highest BCUT2D eigenvalue weighted by Gasteiger charge is 2.41. The molecule has 0 spiro atoms. The Labute approximate surface area is 137 Å². The van der Waals surface area contributed by atoms with Crippen LogP contribution in [0.25, 0.3) is 0 Å².